The smallest absolute Gasteiger partial charge is 0.232 e. The van der Waals surface area contributed by atoms with E-state index in [1.807, 2.05) is 42.5 Å². The number of para-hydroxylation sites is 1. The van der Waals surface area contributed by atoms with Gasteiger partial charge in [0.1, 0.15) is 5.75 Å². The van der Waals surface area contributed by atoms with Gasteiger partial charge < -0.3 is 9.47 Å². The Bertz CT molecular complexity index is 349. The number of rotatable bonds is 4. The van der Waals surface area contributed by atoms with E-state index in [4.69, 9.17) is 9.47 Å². The van der Waals surface area contributed by atoms with Gasteiger partial charge in [-0.2, -0.15) is 0 Å². The van der Waals surface area contributed by atoms with Crippen LogP contribution in [0.25, 0.3) is 0 Å². The number of hydrogen-bond donors (Lipinski definition) is 0. The Balaban J connectivity index is 1.81. The van der Waals surface area contributed by atoms with Crippen molar-refractivity contribution in [2.75, 3.05) is 6.79 Å². The van der Waals surface area contributed by atoms with Gasteiger partial charge in [0.25, 0.3) is 0 Å². The molecule has 0 unspecified atom stereocenters. The van der Waals surface area contributed by atoms with Gasteiger partial charge in [-0.25, -0.2) is 4.98 Å². The summed E-state index contributed by atoms with van der Waals surface area (Å²) in [6, 6.07) is 15.0. The summed E-state index contributed by atoms with van der Waals surface area (Å²) in [6.07, 6.45) is 1.68. The summed E-state index contributed by atoms with van der Waals surface area (Å²) in [5.41, 5.74) is 0. The van der Waals surface area contributed by atoms with Gasteiger partial charge in [0.15, 0.2) is 0 Å². The Morgan fingerprint density at radius 3 is 2.40 bits per heavy atom. The lowest BCUT2D eigenvalue weighted by Crippen LogP contribution is -2.06. The van der Waals surface area contributed by atoms with Crippen molar-refractivity contribution in [1.29, 1.82) is 0 Å². The van der Waals surface area contributed by atoms with Crippen LogP contribution in [0.5, 0.6) is 11.6 Å². The molecule has 2 aromatic rings. The zero-order chi connectivity index (χ0) is 10.3. The van der Waals surface area contributed by atoms with Crippen LogP contribution in [-0.4, -0.2) is 11.8 Å². The predicted octanol–water partition coefficient (Wildman–Crippen LogP) is 2.50. The van der Waals surface area contributed by atoms with E-state index >= 15 is 0 Å². The molecule has 1 aromatic heterocycles. The molecule has 0 aliphatic heterocycles. The van der Waals surface area contributed by atoms with Crippen molar-refractivity contribution in [2.45, 2.75) is 0 Å². The van der Waals surface area contributed by atoms with E-state index in [2.05, 4.69) is 4.98 Å². The first-order chi connectivity index (χ1) is 7.45. The number of hydrogen-bond acceptors (Lipinski definition) is 3. The standard InChI is InChI=1S/C12H11NO2/c1-2-6-11(7-3-1)14-10-15-12-8-4-5-9-13-12/h1-9H,10H2. The molecule has 0 bridgehead atoms. The van der Waals surface area contributed by atoms with Crippen LogP contribution in [0.4, 0.5) is 0 Å². The second kappa shape index (κ2) is 5.00. The Morgan fingerprint density at radius 2 is 1.67 bits per heavy atom. The predicted molar refractivity (Wildman–Crippen MR) is 56.8 cm³/mol. The van der Waals surface area contributed by atoms with E-state index in [1.165, 1.54) is 0 Å². The first-order valence-electron chi connectivity index (χ1n) is 4.67. The maximum atomic E-state index is 5.35. The summed E-state index contributed by atoms with van der Waals surface area (Å²) >= 11 is 0. The molecule has 1 heterocycles. The maximum absolute atomic E-state index is 5.35. The van der Waals surface area contributed by atoms with Crippen LogP contribution in [-0.2, 0) is 0 Å². The quantitative estimate of drug-likeness (QED) is 0.712. The third-order valence-electron chi connectivity index (χ3n) is 1.81. The molecule has 0 spiro atoms. The molecular formula is C12H11NO2. The van der Waals surface area contributed by atoms with Gasteiger partial charge in [0, 0.05) is 12.3 Å². The van der Waals surface area contributed by atoms with Gasteiger partial charge in [0.2, 0.25) is 12.7 Å². The fraction of sp³-hybridized carbons (Fsp3) is 0.0833. The van der Waals surface area contributed by atoms with Crippen LogP contribution in [0.1, 0.15) is 0 Å². The van der Waals surface area contributed by atoms with Crippen molar-refractivity contribution < 1.29 is 9.47 Å². The second-order valence-electron chi connectivity index (χ2n) is 2.89. The number of benzene rings is 1. The van der Waals surface area contributed by atoms with E-state index in [0.29, 0.717) is 5.88 Å². The highest BCUT2D eigenvalue weighted by Crippen LogP contribution is 2.09. The maximum Gasteiger partial charge on any atom is 0.232 e. The molecule has 0 radical (unpaired) electrons. The molecule has 0 atom stereocenters. The summed E-state index contributed by atoms with van der Waals surface area (Å²) in [7, 11) is 0. The number of ether oxygens (including phenoxy) is 2. The molecule has 0 aliphatic rings. The van der Waals surface area contributed by atoms with Crippen LogP contribution in [0.15, 0.2) is 54.7 Å². The highest BCUT2D eigenvalue weighted by atomic mass is 16.7. The van der Waals surface area contributed by atoms with Crippen LogP contribution >= 0.6 is 0 Å². The number of pyridine rings is 1. The highest BCUT2D eigenvalue weighted by Gasteiger charge is 1.93. The van der Waals surface area contributed by atoms with Crippen LogP contribution in [0, 0.1) is 0 Å². The largest absolute Gasteiger partial charge is 0.457 e. The Hall–Kier alpha value is -2.03. The molecule has 3 heteroatoms. The van der Waals surface area contributed by atoms with Gasteiger partial charge >= 0.3 is 0 Å². The Kier molecular flexibility index (Phi) is 3.18. The van der Waals surface area contributed by atoms with Crippen molar-refractivity contribution in [3.63, 3.8) is 0 Å². The molecule has 0 saturated heterocycles. The van der Waals surface area contributed by atoms with E-state index in [9.17, 15) is 0 Å². The molecule has 0 amide bonds. The summed E-state index contributed by atoms with van der Waals surface area (Å²) in [4.78, 5) is 4.01. The fourth-order valence-corrected chi connectivity index (χ4v) is 1.11. The molecule has 2 rings (SSSR count). The summed E-state index contributed by atoms with van der Waals surface area (Å²) in [5.74, 6) is 1.35. The van der Waals surface area contributed by atoms with Gasteiger partial charge in [-0.05, 0) is 18.2 Å². The van der Waals surface area contributed by atoms with E-state index in [0.717, 1.165) is 5.75 Å². The first-order valence-corrected chi connectivity index (χ1v) is 4.67. The fourth-order valence-electron chi connectivity index (χ4n) is 1.11. The summed E-state index contributed by atoms with van der Waals surface area (Å²) in [6.45, 7) is 0.168. The second-order valence-corrected chi connectivity index (χ2v) is 2.89. The number of nitrogens with zero attached hydrogens (tertiary/aromatic N) is 1. The SMILES string of the molecule is c1ccc(OCOc2ccccn2)cc1. The zero-order valence-electron chi connectivity index (χ0n) is 8.17. The lowest BCUT2D eigenvalue weighted by atomic mass is 10.3. The minimum atomic E-state index is 0.168. The van der Waals surface area contributed by atoms with Crippen LogP contribution in [0.2, 0.25) is 0 Å². The van der Waals surface area contributed by atoms with Crippen LogP contribution in [0.3, 0.4) is 0 Å². The third-order valence-corrected chi connectivity index (χ3v) is 1.81. The first kappa shape index (κ1) is 9.52. The molecule has 1 aromatic carbocycles. The van der Waals surface area contributed by atoms with Crippen LogP contribution < -0.4 is 9.47 Å². The molecule has 0 N–H and O–H groups in total. The zero-order valence-corrected chi connectivity index (χ0v) is 8.17. The summed E-state index contributed by atoms with van der Waals surface area (Å²) in [5, 5.41) is 0. The molecular weight excluding hydrogens is 190 g/mol. The van der Waals surface area contributed by atoms with Gasteiger partial charge in [-0.15, -0.1) is 0 Å². The monoisotopic (exact) mass is 201 g/mol. The average Bonchev–Trinajstić information content (AvgIpc) is 2.32. The molecule has 15 heavy (non-hydrogen) atoms. The lowest BCUT2D eigenvalue weighted by Gasteiger charge is -2.06. The molecule has 3 nitrogen and oxygen atoms in total. The van der Waals surface area contributed by atoms with Gasteiger partial charge in [0.05, 0.1) is 0 Å². The van der Waals surface area contributed by atoms with Gasteiger partial charge in [-0.3, -0.25) is 0 Å². The lowest BCUT2D eigenvalue weighted by molar-refractivity contribution is 0.115. The number of aromatic nitrogens is 1. The van der Waals surface area contributed by atoms with Crippen molar-refractivity contribution in [1.82, 2.24) is 4.98 Å². The van der Waals surface area contributed by atoms with E-state index in [1.54, 1.807) is 12.3 Å². The topological polar surface area (TPSA) is 31.4 Å². The average molecular weight is 201 g/mol. The van der Waals surface area contributed by atoms with Crippen molar-refractivity contribution in [2.24, 2.45) is 0 Å². The Morgan fingerprint density at radius 1 is 0.867 bits per heavy atom. The van der Waals surface area contributed by atoms with E-state index in [-0.39, 0.29) is 6.79 Å². The van der Waals surface area contributed by atoms with Crippen molar-refractivity contribution in [3.05, 3.63) is 54.7 Å². The third kappa shape index (κ3) is 2.98. The van der Waals surface area contributed by atoms with Gasteiger partial charge in [-0.1, -0.05) is 24.3 Å². The Labute approximate surface area is 88.3 Å². The molecule has 0 aliphatic carbocycles. The minimum Gasteiger partial charge on any atom is -0.457 e. The van der Waals surface area contributed by atoms with Crippen molar-refractivity contribution in [3.8, 4) is 11.6 Å². The minimum absolute atomic E-state index is 0.168. The molecule has 76 valence electrons. The highest BCUT2D eigenvalue weighted by molar-refractivity contribution is 5.20. The summed E-state index contributed by atoms with van der Waals surface area (Å²) < 4.78 is 10.6. The van der Waals surface area contributed by atoms with Crippen molar-refractivity contribution >= 4 is 0 Å². The molecule has 0 saturated carbocycles. The normalized spacial score (nSPS) is 9.60. The van der Waals surface area contributed by atoms with E-state index < -0.39 is 0 Å². The molecule has 0 fully saturated rings.